The van der Waals surface area contributed by atoms with Crippen LogP contribution in [0.5, 0.6) is 0 Å². The Bertz CT molecular complexity index is 526. The molecule has 2 rings (SSSR count). The van der Waals surface area contributed by atoms with Gasteiger partial charge in [-0.25, -0.2) is 0 Å². The summed E-state index contributed by atoms with van der Waals surface area (Å²) < 4.78 is 8.38. The third-order valence-electron chi connectivity index (χ3n) is 2.13. The van der Waals surface area contributed by atoms with E-state index in [9.17, 15) is 4.79 Å². The monoisotopic (exact) mass is 247 g/mol. The number of ether oxygens (including phenoxy) is 1. The molecule has 0 saturated heterocycles. The third-order valence-corrected chi connectivity index (χ3v) is 2.13. The van der Waals surface area contributed by atoms with E-state index in [0.717, 1.165) is 5.69 Å². The summed E-state index contributed by atoms with van der Waals surface area (Å²) >= 11 is 0. The Morgan fingerprint density at radius 1 is 1.22 bits per heavy atom. The topological polar surface area (TPSA) is 60.9 Å². The van der Waals surface area contributed by atoms with Crippen LogP contribution in [-0.2, 0) is 4.74 Å². The Hall–Kier alpha value is -2.24. The van der Waals surface area contributed by atoms with E-state index in [1.807, 2.05) is 20.8 Å². The molecule has 6 heteroatoms. The van der Waals surface area contributed by atoms with Gasteiger partial charge in [0.05, 0.1) is 5.69 Å². The summed E-state index contributed by atoms with van der Waals surface area (Å²) in [5, 5.41) is 7.44. The van der Waals surface area contributed by atoms with Crippen LogP contribution in [0.4, 0.5) is 4.79 Å². The fraction of sp³-hybridized carbons (Fsp3) is 0.333. The van der Waals surface area contributed by atoms with Crippen LogP contribution >= 0.6 is 0 Å². The molecule has 0 radical (unpaired) electrons. The van der Waals surface area contributed by atoms with Crippen molar-refractivity contribution < 1.29 is 14.1 Å². The first-order valence-corrected chi connectivity index (χ1v) is 5.55. The van der Waals surface area contributed by atoms with E-state index < -0.39 is 11.7 Å². The fourth-order valence-corrected chi connectivity index (χ4v) is 1.36. The molecule has 0 N–H and O–H groups in total. The van der Waals surface area contributed by atoms with Crippen LogP contribution in [0.3, 0.4) is 0 Å². The van der Waals surface area contributed by atoms with E-state index in [2.05, 4.69) is 10.2 Å². The van der Waals surface area contributed by atoms with Gasteiger partial charge in [-0.1, -0.05) is 4.57 Å². The molecule has 18 heavy (non-hydrogen) atoms. The second-order valence-corrected chi connectivity index (χ2v) is 4.81. The molecule has 0 unspecified atom stereocenters. The second kappa shape index (κ2) is 4.56. The lowest BCUT2D eigenvalue weighted by Crippen LogP contribution is -2.45. The predicted octanol–water partition coefficient (Wildman–Crippen LogP) is 1.34. The second-order valence-electron chi connectivity index (χ2n) is 4.81. The molecule has 0 aromatic carbocycles. The molecular formula is C12H15N4O2+. The Balaban J connectivity index is 2.15. The Kier molecular flexibility index (Phi) is 3.10. The lowest BCUT2D eigenvalue weighted by molar-refractivity contribution is -0.588. The highest BCUT2D eigenvalue weighted by molar-refractivity contribution is 5.57. The first-order valence-electron chi connectivity index (χ1n) is 5.55. The minimum Gasteiger partial charge on any atom is -0.406 e. The van der Waals surface area contributed by atoms with E-state index in [4.69, 9.17) is 4.74 Å². The van der Waals surface area contributed by atoms with Crippen LogP contribution in [-0.4, -0.2) is 26.5 Å². The van der Waals surface area contributed by atoms with Crippen molar-refractivity contribution >= 4 is 6.09 Å². The highest BCUT2D eigenvalue weighted by Gasteiger charge is 2.24. The van der Waals surface area contributed by atoms with Gasteiger partial charge in [0, 0.05) is 12.1 Å². The molecular weight excluding hydrogens is 232 g/mol. The van der Waals surface area contributed by atoms with Crippen molar-refractivity contribution in [1.82, 2.24) is 14.8 Å². The van der Waals surface area contributed by atoms with E-state index in [0.29, 0.717) is 0 Å². The van der Waals surface area contributed by atoms with Gasteiger partial charge < -0.3 is 4.74 Å². The molecule has 0 bridgehead atoms. The summed E-state index contributed by atoms with van der Waals surface area (Å²) in [5.41, 5.74) is 0.372. The number of aromatic nitrogens is 4. The zero-order valence-corrected chi connectivity index (χ0v) is 10.6. The van der Waals surface area contributed by atoms with Gasteiger partial charge in [-0.05, 0) is 20.8 Å². The Labute approximate surface area is 105 Å². The van der Waals surface area contributed by atoms with Crippen molar-refractivity contribution in [1.29, 1.82) is 0 Å². The molecule has 0 spiro atoms. The molecule has 0 saturated carbocycles. The summed E-state index contributed by atoms with van der Waals surface area (Å²) in [7, 11) is 0. The van der Waals surface area contributed by atoms with E-state index >= 15 is 0 Å². The maximum Gasteiger partial charge on any atom is 0.602 e. The number of carbonyl (C=O) groups is 1. The van der Waals surface area contributed by atoms with Gasteiger partial charge in [0.15, 0.2) is 12.4 Å². The highest BCUT2D eigenvalue weighted by atomic mass is 16.6. The maximum absolute atomic E-state index is 11.8. The van der Waals surface area contributed by atoms with Crippen molar-refractivity contribution in [2.24, 2.45) is 0 Å². The molecule has 0 amide bonds. The zero-order valence-electron chi connectivity index (χ0n) is 10.6. The normalized spacial score (nSPS) is 11.3. The Morgan fingerprint density at radius 3 is 2.28 bits per heavy atom. The van der Waals surface area contributed by atoms with Crippen LogP contribution in [0.2, 0.25) is 0 Å². The minimum atomic E-state index is -0.503. The molecule has 0 atom stereocenters. The average molecular weight is 247 g/mol. The maximum atomic E-state index is 11.8. The SMILES string of the molecule is CC(C)(C)OC(=O)[n+]1ccc(-n2cnnc2)cc1. The first-order chi connectivity index (χ1) is 8.46. The van der Waals surface area contributed by atoms with Gasteiger partial charge in [-0.15, -0.1) is 10.2 Å². The third kappa shape index (κ3) is 2.91. The summed E-state index contributed by atoms with van der Waals surface area (Å²) in [6.07, 6.45) is 6.06. The van der Waals surface area contributed by atoms with Gasteiger partial charge in [0.1, 0.15) is 18.3 Å². The van der Waals surface area contributed by atoms with Gasteiger partial charge in [-0.3, -0.25) is 4.57 Å². The number of pyridine rings is 1. The van der Waals surface area contributed by atoms with Crippen molar-refractivity contribution in [2.45, 2.75) is 26.4 Å². The molecule has 0 fully saturated rings. The average Bonchev–Trinajstić information content (AvgIpc) is 2.80. The lowest BCUT2D eigenvalue weighted by atomic mass is 10.2. The fourth-order valence-electron chi connectivity index (χ4n) is 1.36. The van der Waals surface area contributed by atoms with E-state index in [1.54, 1.807) is 41.7 Å². The van der Waals surface area contributed by atoms with Gasteiger partial charge in [-0.2, -0.15) is 4.79 Å². The standard InChI is InChI=1S/C12H15N4O2/c1-12(2,3)18-11(17)15-6-4-10(5-7-15)16-8-13-14-9-16/h4-9H,1-3H3/q+1. The largest absolute Gasteiger partial charge is 0.602 e. The zero-order chi connectivity index (χ0) is 13.2. The molecule has 2 aromatic rings. The first kappa shape index (κ1) is 12.2. The summed E-state index contributed by atoms with van der Waals surface area (Å²) in [5.74, 6) is 0. The van der Waals surface area contributed by atoms with Crippen LogP contribution in [0.25, 0.3) is 5.69 Å². The number of carbonyl (C=O) groups excluding carboxylic acids is 1. The van der Waals surface area contributed by atoms with Crippen LogP contribution in [0, 0.1) is 0 Å². The molecule has 0 aliphatic carbocycles. The number of hydrogen-bond acceptors (Lipinski definition) is 4. The van der Waals surface area contributed by atoms with E-state index in [-0.39, 0.29) is 0 Å². The van der Waals surface area contributed by atoms with Crippen LogP contribution < -0.4 is 4.57 Å². The van der Waals surface area contributed by atoms with E-state index in [1.165, 1.54) is 4.57 Å². The van der Waals surface area contributed by atoms with Crippen LogP contribution in [0.15, 0.2) is 37.2 Å². The van der Waals surface area contributed by atoms with Gasteiger partial charge >= 0.3 is 6.09 Å². The summed E-state index contributed by atoms with van der Waals surface area (Å²) in [4.78, 5) is 11.8. The number of nitrogens with zero attached hydrogens (tertiary/aromatic N) is 4. The number of hydrogen-bond donors (Lipinski definition) is 0. The highest BCUT2D eigenvalue weighted by Crippen LogP contribution is 2.07. The molecule has 94 valence electrons. The Morgan fingerprint density at radius 2 is 1.78 bits per heavy atom. The van der Waals surface area contributed by atoms with Crippen LogP contribution in [0.1, 0.15) is 20.8 Å². The molecule has 0 aliphatic rings. The van der Waals surface area contributed by atoms with Gasteiger partial charge in [0.2, 0.25) is 0 Å². The predicted molar refractivity (Wildman–Crippen MR) is 63.2 cm³/mol. The molecule has 0 aliphatic heterocycles. The summed E-state index contributed by atoms with van der Waals surface area (Å²) in [6.45, 7) is 5.49. The quantitative estimate of drug-likeness (QED) is 0.713. The lowest BCUT2D eigenvalue weighted by Gasteiger charge is -2.15. The minimum absolute atomic E-state index is 0.405. The summed E-state index contributed by atoms with van der Waals surface area (Å²) in [6, 6.07) is 3.57. The van der Waals surface area contributed by atoms with Crippen molar-refractivity contribution in [3.05, 3.63) is 37.2 Å². The molecule has 2 aromatic heterocycles. The molecule has 6 nitrogen and oxygen atoms in total. The van der Waals surface area contributed by atoms with Gasteiger partial charge in [0.25, 0.3) is 0 Å². The van der Waals surface area contributed by atoms with Crippen molar-refractivity contribution in [2.75, 3.05) is 0 Å². The number of rotatable bonds is 1. The molecule has 2 heterocycles. The smallest absolute Gasteiger partial charge is 0.406 e. The van der Waals surface area contributed by atoms with Crippen molar-refractivity contribution in [3.63, 3.8) is 0 Å². The van der Waals surface area contributed by atoms with Crippen molar-refractivity contribution in [3.8, 4) is 5.69 Å².